The van der Waals surface area contributed by atoms with Crippen molar-refractivity contribution in [1.82, 2.24) is 9.55 Å². The third kappa shape index (κ3) is 3.59. The van der Waals surface area contributed by atoms with Gasteiger partial charge in [-0.3, -0.25) is 9.59 Å². The van der Waals surface area contributed by atoms with E-state index in [-0.39, 0.29) is 22.4 Å². The molecule has 3 rings (SSSR count). The van der Waals surface area contributed by atoms with Crippen molar-refractivity contribution in [1.29, 1.82) is 0 Å². The summed E-state index contributed by atoms with van der Waals surface area (Å²) in [6.45, 7) is 4.96. The van der Waals surface area contributed by atoms with E-state index in [2.05, 4.69) is 10.3 Å². The smallest absolute Gasteiger partial charge is 0.343 e. The van der Waals surface area contributed by atoms with E-state index in [0.717, 1.165) is 11.1 Å². The summed E-state index contributed by atoms with van der Waals surface area (Å²) in [6.07, 6.45) is 1.31. The van der Waals surface area contributed by atoms with E-state index in [4.69, 9.17) is 9.15 Å². The van der Waals surface area contributed by atoms with Crippen LogP contribution in [0, 0.1) is 20.8 Å². The highest BCUT2D eigenvalue weighted by molar-refractivity contribution is 6.04. The van der Waals surface area contributed by atoms with Crippen LogP contribution in [0.15, 0.2) is 33.7 Å². The molecule has 1 N–H and O–H groups in total. The normalized spacial score (nSPS) is 10.8. The van der Waals surface area contributed by atoms with Crippen molar-refractivity contribution in [2.45, 2.75) is 20.8 Å². The van der Waals surface area contributed by atoms with Gasteiger partial charge in [0.25, 0.3) is 11.5 Å². The standard InChI is InChI=1S/C19H19N3O5/c1-10-5-6-13(7-11(10)2)21-14(23)8-26-19(25)15-12(3)27-17-16(15)18(24)22(4)9-20-17/h5-7,9H,8H2,1-4H3,(H,21,23). The van der Waals surface area contributed by atoms with E-state index in [1.807, 2.05) is 26.0 Å². The highest BCUT2D eigenvalue weighted by Crippen LogP contribution is 2.21. The number of fused-ring (bicyclic) bond motifs is 1. The summed E-state index contributed by atoms with van der Waals surface area (Å²) < 4.78 is 11.7. The number of rotatable bonds is 4. The number of carbonyl (C=O) groups excluding carboxylic acids is 2. The SMILES string of the molecule is Cc1ccc(NC(=O)COC(=O)c2c(C)oc3ncn(C)c(=O)c23)cc1C. The minimum absolute atomic E-state index is 0.0160. The predicted octanol–water partition coefficient (Wildman–Crippen LogP) is 2.25. The molecule has 8 heteroatoms. The van der Waals surface area contributed by atoms with Gasteiger partial charge in [-0.05, 0) is 44.0 Å². The van der Waals surface area contributed by atoms with Gasteiger partial charge in [0.1, 0.15) is 23.0 Å². The Morgan fingerprint density at radius 1 is 1.22 bits per heavy atom. The number of furan rings is 1. The molecule has 2 aromatic heterocycles. The number of anilines is 1. The first-order valence-corrected chi connectivity index (χ1v) is 8.27. The van der Waals surface area contributed by atoms with Crippen LogP contribution < -0.4 is 10.9 Å². The van der Waals surface area contributed by atoms with Crippen molar-refractivity contribution in [3.05, 3.63) is 57.3 Å². The fraction of sp³-hybridized carbons (Fsp3) is 0.263. The number of aromatic nitrogens is 2. The van der Waals surface area contributed by atoms with Crippen molar-refractivity contribution in [3.8, 4) is 0 Å². The molecule has 0 saturated carbocycles. The number of amides is 1. The maximum absolute atomic E-state index is 12.4. The molecule has 0 unspecified atom stereocenters. The average molecular weight is 369 g/mol. The highest BCUT2D eigenvalue weighted by Gasteiger charge is 2.24. The lowest BCUT2D eigenvalue weighted by Crippen LogP contribution is -2.23. The first kappa shape index (κ1) is 18.4. The van der Waals surface area contributed by atoms with Crippen molar-refractivity contribution in [2.24, 2.45) is 7.05 Å². The zero-order valence-electron chi connectivity index (χ0n) is 15.5. The summed E-state index contributed by atoms with van der Waals surface area (Å²) in [5.41, 5.74) is 2.37. The summed E-state index contributed by atoms with van der Waals surface area (Å²) in [4.78, 5) is 40.7. The number of hydrogen-bond acceptors (Lipinski definition) is 6. The Balaban J connectivity index is 1.74. The van der Waals surface area contributed by atoms with Crippen LogP contribution in [0.25, 0.3) is 11.1 Å². The minimum Gasteiger partial charge on any atom is -0.452 e. The zero-order chi connectivity index (χ0) is 19.7. The van der Waals surface area contributed by atoms with Gasteiger partial charge in [-0.2, -0.15) is 0 Å². The Bertz CT molecular complexity index is 1110. The molecule has 0 aliphatic carbocycles. The van der Waals surface area contributed by atoms with Gasteiger partial charge in [0.15, 0.2) is 6.61 Å². The number of ether oxygens (including phenoxy) is 1. The number of nitrogens with one attached hydrogen (secondary N) is 1. The van der Waals surface area contributed by atoms with Crippen molar-refractivity contribution >= 4 is 28.7 Å². The van der Waals surface area contributed by atoms with Gasteiger partial charge in [-0.25, -0.2) is 9.78 Å². The molecule has 0 saturated heterocycles. The molecule has 0 radical (unpaired) electrons. The number of esters is 1. The molecule has 0 bridgehead atoms. The lowest BCUT2D eigenvalue weighted by atomic mass is 10.1. The Morgan fingerprint density at radius 3 is 2.67 bits per heavy atom. The second kappa shape index (κ2) is 7.06. The largest absolute Gasteiger partial charge is 0.452 e. The topological polar surface area (TPSA) is 103 Å². The van der Waals surface area contributed by atoms with Crippen LogP contribution in [0.3, 0.4) is 0 Å². The fourth-order valence-electron chi connectivity index (χ4n) is 2.65. The van der Waals surface area contributed by atoms with Gasteiger partial charge in [-0.15, -0.1) is 0 Å². The second-order valence-electron chi connectivity index (χ2n) is 6.30. The lowest BCUT2D eigenvalue weighted by Gasteiger charge is -2.08. The molecule has 3 aromatic rings. The van der Waals surface area contributed by atoms with E-state index >= 15 is 0 Å². The van der Waals surface area contributed by atoms with Gasteiger partial charge in [0.05, 0.1) is 0 Å². The van der Waals surface area contributed by atoms with Crippen LogP contribution in [0.1, 0.15) is 27.2 Å². The lowest BCUT2D eigenvalue weighted by molar-refractivity contribution is -0.119. The second-order valence-corrected chi connectivity index (χ2v) is 6.30. The van der Waals surface area contributed by atoms with Crippen LogP contribution in [0.4, 0.5) is 5.69 Å². The van der Waals surface area contributed by atoms with Gasteiger partial charge in [-0.1, -0.05) is 6.07 Å². The maximum Gasteiger partial charge on any atom is 0.343 e. The number of hydrogen-bond donors (Lipinski definition) is 1. The van der Waals surface area contributed by atoms with Crippen molar-refractivity contribution in [3.63, 3.8) is 0 Å². The minimum atomic E-state index is -0.813. The molecule has 0 aliphatic heterocycles. The van der Waals surface area contributed by atoms with Crippen molar-refractivity contribution < 1.29 is 18.7 Å². The van der Waals surface area contributed by atoms with Gasteiger partial charge < -0.3 is 19.0 Å². The van der Waals surface area contributed by atoms with Crippen LogP contribution in [-0.2, 0) is 16.6 Å². The molecule has 2 heterocycles. The summed E-state index contributed by atoms with van der Waals surface area (Å²) in [5, 5.41) is 2.70. The van der Waals surface area contributed by atoms with Crippen LogP contribution in [0.5, 0.6) is 0 Å². The highest BCUT2D eigenvalue weighted by atomic mass is 16.5. The monoisotopic (exact) mass is 369 g/mol. The van der Waals surface area contributed by atoms with Crippen LogP contribution in [0.2, 0.25) is 0 Å². The van der Waals surface area contributed by atoms with Crippen LogP contribution >= 0.6 is 0 Å². The summed E-state index contributed by atoms with van der Waals surface area (Å²) in [5.74, 6) is -1.09. The van der Waals surface area contributed by atoms with E-state index < -0.39 is 24.0 Å². The van der Waals surface area contributed by atoms with E-state index in [1.54, 1.807) is 6.07 Å². The third-order valence-corrected chi connectivity index (χ3v) is 4.28. The Kier molecular flexibility index (Phi) is 4.81. The Morgan fingerprint density at radius 2 is 1.96 bits per heavy atom. The third-order valence-electron chi connectivity index (χ3n) is 4.28. The molecule has 0 spiro atoms. The van der Waals surface area contributed by atoms with E-state index in [9.17, 15) is 14.4 Å². The Hall–Kier alpha value is -3.42. The molecule has 1 amide bonds. The first-order chi connectivity index (χ1) is 12.8. The first-order valence-electron chi connectivity index (χ1n) is 8.27. The van der Waals surface area contributed by atoms with Crippen LogP contribution in [-0.4, -0.2) is 28.0 Å². The van der Waals surface area contributed by atoms with Gasteiger partial charge in [0.2, 0.25) is 5.71 Å². The molecule has 0 aliphatic rings. The maximum atomic E-state index is 12.4. The molecule has 1 aromatic carbocycles. The molecular weight excluding hydrogens is 350 g/mol. The number of benzene rings is 1. The summed E-state index contributed by atoms with van der Waals surface area (Å²) in [6, 6.07) is 5.49. The molecule has 8 nitrogen and oxygen atoms in total. The molecule has 0 fully saturated rings. The summed E-state index contributed by atoms with van der Waals surface area (Å²) in [7, 11) is 1.52. The van der Waals surface area contributed by atoms with Gasteiger partial charge >= 0.3 is 5.97 Å². The fourth-order valence-corrected chi connectivity index (χ4v) is 2.65. The van der Waals surface area contributed by atoms with E-state index in [0.29, 0.717) is 5.69 Å². The predicted molar refractivity (Wildman–Crippen MR) is 98.8 cm³/mol. The number of aryl methyl sites for hydroxylation is 4. The zero-order valence-corrected chi connectivity index (χ0v) is 15.5. The van der Waals surface area contributed by atoms with Gasteiger partial charge in [0, 0.05) is 12.7 Å². The number of carbonyl (C=O) groups is 2. The average Bonchev–Trinajstić information content (AvgIpc) is 2.96. The van der Waals surface area contributed by atoms with Crippen molar-refractivity contribution in [2.75, 3.05) is 11.9 Å². The molecular formula is C19H19N3O5. The quantitative estimate of drug-likeness (QED) is 0.708. The number of nitrogens with zero attached hydrogens (tertiary/aromatic N) is 2. The molecule has 140 valence electrons. The Labute approximate surface area is 154 Å². The summed E-state index contributed by atoms with van der Waals surface area (Å²) >= 11 is 0. The molecule has 27 heavy (non-hydrogen) atoms. The molecule has 0 atom stereocenters. The van der Waals surface area contributed by atoms with E-state index in [1.165, 1.54) is 24.9 Å².